The van der Waals surface area contributed by atoms with Crippen molar-refractivity contribution in [3.05, 3.63) is 48.6 Å². The number of rotatable bonds is 54. The van der Waals surface area contributed by atoms with Gasteiger partial charge in [-0.2, -0.15) is 0 Å². The predicted octanol–water partition coefficient (Wildman–Crippen LogP) is 19.8. The second-order valence-corrected chi connectivity index (χ2v) is 19.9. The molecule has 0 spiro atoms. The lowest BCUT2D eigenvalue weighted by Gasteiger charge is -2.18. The first-order valence-corrected chi connectivity index (χ1v) is 29.6. The van der Waals surface area contributed by atoms with Crippen molar-refractivity contribution in [2.24, 2.45) is 0 Å². The summed E-state index contributed by atoms with van der Waals surface area (Å²) in [5, 5.41) is 0. The molecular weight excluding hydrogens is 841 g/mol. The molecular formula is C62H112O6. The van der Waals surface area contributed by atoms with Crippen LogP contribution in [0.3, 0.4) is 0 Å². The van der Waals surface area contributed by atoms with E-state index in [4.69, 9.17) is 14.2 Å². The van der Waals surface area contributed by atoms with Gasteiger partial charge < -0.3 is 14.2 Å². The van der Waals surface area contributed by atoms with E-state index in [1.807, 2.05) is 0 Å². The molecule has 0 fully saturated rings. The Balaban J connectivity index is 4.36. The molecule has 68 heavy (non-hydrogen) atoms. The van der Waals surface area contributed by atoms with Crippen LogP contribution in [0.4, 0.5) is 0 Å². The molecule has 0 saturated heterocycles. The number of hydrogen-bond acceptors (Lipinski definition) is 6. The van der Waals surface area contributed by atoms with Crippen LogP contribution in [0.25, 0.3) is 0 Å². The smallest absolute Gasteiger partial charge is 0.306 e. The minimum Gasteiger partial charge on any atom is -0.462 e. The number of carbonyl (C=O) groups is 3. The average Bonchev–Trinajstić information content (AvgIpc) is 3.34. The van der Waals surface area contributed by atoms with E-state index in [2.05, 4.69) is 69.4 Å². The van der Waals surface area contributed by atoms with Crippen molar-refractivity contribution in [1.29, 1.82) is 0 Å². The molecule has 0 saturated carbocycles. The average molecular weight is 954 g/mol. The highest BCUT2D eigenvalue weighted by Crippen LogP contribution is 2.17. The van der Waals surface area contributed by atoms with Crippen LogP contribution in [0, 0.1) is 0 Å². The van der Waals surface area contributed by atoms with E-state index in [0.717, 1.165) is 96.3 Å². The molecule has 0 aliphatic carbocycles. The van der Waals surface area contributed by atoms with E-state index in [1.165, 1.54) is 173 Å². The summed E-state index contributed by atoms with van der Waals surface area (Å²) in [7, 11) is 0. The summed E-state index contributed by atoms with van der Waals surface area (Å²) in [6.45, 7) is 6.55. The third-order valence-electron chi connectivity index (χ3n) is 13.1. The van der Waals surface area contributed by atoms with Crippen LogP contribution in [0.5, 0.6) is 0 Å². The van der Waals surface area contributed by atoms with Gasteiger partial charge in [0, 0.05) is 19.3 Å². The van der Waals surface area contributed by atoms with E-state index >= 15 is 0 Å². The first kappa shape index (κ1) is 65.4. The minimum absolute atomic E-state index is 0.0772. The Bertz CT molecular complexity index is 1190. The molecule has 1 atom stereocenters. The number of hydrogen-bond donors (Lipinski definition) is 0. The van der Waals surface area contributed by atoms with Crippen molar-refractivity contribution in [3.8, 4) is 0 Å². The summed E-state index contributed by atoms with van der Waals surface area (Å²) in [4.78, 5) is 38.2. The highest BCUT2D eigenvalue weighted by Gasteiger charge is 2.19. The second-order valence-electron chi connectivity index (χ2n) is 19.9. The van der Waals surface area contributed by atoms with Crippen LogP contribution >= 0.6 is 0 Å². The highest BCUT2D eigenvalue weighted by molar-refractivity contribution is 5.71. The number of carbonyl (C=O) groups excluding carboxylic acids is 3. The van der Waals surface area contributed by atoms with Gasteiger partial charge in [-0.3, -0.25) is 14.4 Å². The number of esters is 3. The maximum atomic E-state index is 12.9. The van der Waals surface area contributed by atoms with Crippen molar-refractivity contribution < 1.29 is 28.6 Å². The highest BCUT2D eigenvalue weighted by atomic mass is 16.6. The third kappa shape index (κ3) is 54.3. The van der Waals surface area contributed by atoms with Crippen molar-refractivity contribution in [1.82, 2.24) is 0 Å². The fourth-order valence-electron chi connectivity index (χ4n) is 8.63. The quantitative estimate of drug-likeness (QED) is 0.0262. The van der Waals surface area contributed by atoms with Crippen LogP contribution in [-0.2, 0) is 28.6 Å². The molecule has 0 heterocycles. The van der Waals surface area contributed by atoms with Crippen LogP contribution in [0.15, 0.2) is 48.6 Å². The normalized spacial score (nSPS) is 12.3. The largest absolute Gasteiger partial charge is 0.462 e. The van der Waals surface area contributed by atoms with Gasteiger partial charge in [0.1, 0.15) is 13.2 Å². The van der Waals surface area contributed by atoms with E-state index in [1.54, 1.807) is 0 Å². The zero-order chi connectivity index (χ0) is 49.3. The molecule has 0 aromatic heterocycles. The number of allylic oxidation sites excluding steroid dienone is 8. The fraction of sp³-hybridized carbons (Fsp3) is 0.823. The summed E-state index contributed by atoms with van der Waals surface area (Å²) < 4.78 is 16.9. The van der Waals surface area contributed by atoms with E-state index in [9.17, 15) is 14.4 Å². The van der Waals surface area contributed by atoms with E-state index < -0.39 is 6.10 Å². The third-order valence-corrected chi connectivity index (χ3v) is 13.1. The van der Waals surface area contributed by atoms with E-state index in [0.29, 0.717) is 19.3 Å². The molecule has 0 bridgehead atoms. The lowest BCUT2D eigenvalue weighted by molar-refractivity contribution is -0.167. The first-order valence-electron chi connectivity index (χ1n) is 29.6. The summed E-state index contributed by atoms with van der Waals surface area (Å²) >= 11 is 0. The van der Waals surface area contributed by atoms with Crippen LogP contribution < -0.4 is 0 Å². The molecule has 0 rings (SSSR count). The Hall–Kier alpha value is -2.63. The number of ether oxygens (including phenoxy) is 3. The molecule has 0 N–H and O–H groups in total. The molecule has 0 aliphatic heterocycles. The maximum Gasteiger partial charge on any atom is 0.306 e. The van der Waals surface area contributed by atoms with Crippen molar-refractivity contribution in [3.63, 3.8) is 0 Å². The van der Waals surface area contributed by atoms with Crippen molar-refractivity contribution in [2.45, 2.75) is 316 Å². The fourth-order valence-corrected chi connectivity index (χ4v) is 8.63. The molecule has 0 aliphatic rings. The Morgan fingerprint density at radius 1 is 0.309 bits per heavy atom. The Morgan fingerprint density at radius 2 is 0.574 bits per heavy atom. The zero-order valence-electron chi connectivity index (χ0n) is 45.4. The molecule has 6 heteroatoms. The van der Waals surface area contributed by atoms with Gasteiger partial charge in [0.2, 0.25) is 0 Å². The molecule has 0 aromatic rings. The monoisotopic (exact) mass is 953 g/mol. The summed E-state index contributed by atoms with van der Waals surface area (Å²) in [6, 6.07) is 0. The van der Waals surface area contributed by atoms with Gasteiger partial charge in [-0.25, -0.2) is 0 Å². The molecule has 396 valence electrons. The van der Waals surface area contributed by atoms with Gasteiger partial charge in [-0.05, 0) is 77.0 Å². The Labute approximate surface area is 422 Å². The molecule has 6 nitrogen and oxygen atoms in total. The second kappa shape index (κ2) is 57.0. The lowest BCUT2D eigenvalue weighted by atomic mass is 10.0. The Kier molecular flexibility index (Phi) is 54.8. The minimum atomic E-state index is -0.781. The van der Waals surface area contributed by atoms with Crippen LogP contribution in [0.2, 0.25) is 0 Å². The van der Waals surface area contributed by atoms with Gasteiger partial charge in [-0.1, -0.05) is 262 Å². The molecule has 0 amide bonds. The Morgan fingerprint density at radius 3 is 0.912 bits per heavy atom. The van der Waals surface area contributed by atoms with Gasteiger partial charge in [0.25, 0.3) is 0 Å². The van der Waals surface area contributed by atoms with Gasteiger partial charge in [0.05, 0.1) is 0 Å². The zero-order valence-corrected chi connectivity index (χ0v) is 45.4. The predicted molar refractivity (Wildman–Crippen MR) is 293 cm³/mol. The van der Waals surface area contributed by atoms with E-state index in [-0.39, 0.29) is 31.1 Å². The summed E-state index contributed by atoms with van der Waals surface area (Å²) in [5.74, 6) is -0.883. The molecule has 0 radical (unpaired) electrons. The standard InChI is InChI=1S/C62H112O6/c1-4-7-10-13-16-19-22-25-28-30-32-34-37-40-43-46-49-52-55-61(64)67-58-59(57-66-60(63)54-51-48-45-42-39-36-33-27-24-21-18-15-12-9-6-3)68-62(65)56-53-50-47-44-41-38-35-31-29-26-23-20-17-14-11-8-5-2/h9,12,18,21,26-27,29,33,59H,4-8,10-11,13-17,19-20,22-25,28,30-32,34-58H2,1-3H3/b12-9-,21-18-,29-26-,33-27-. The van der Waals surface area contributed by atoms with Gasteiger partial charge >= 0.3 is 17.9 Å². The van der Waals surface area contributed by atoms with Crippen molar-refractivity contribution in [2.75, 3.05) is 13.2 Å². The van der Waals surface area contributed by atoms with Crippen LogP contribution in [-0.4, -0.2) is 37.2 Å². The summed E-state index contributed by atoms with van der Waals surface area (Å²) in [5.41, 5.74) is 0. The topological polar surface area (TPSA) is 78.9 Å². The van der Waals surface area contributed by atoms with Gasteiger partial charge in [0.15, 0.2) is 6.10 Å². The van der Waals surface area contributed by atoms with Gasteiger partial charge in [-0.15, -0.1) is 0 Å². The lowest BCUT2D eigenvalue weighted by Crippen LogP contribution is -2.30. The van der Waals surface area contributed by atoms with Crippen LogP contribution in [0.1, 0.15) is 310 Å². The van der Waals surface area contributed by atoms with Crippen molar-refractivity contribution >= 4 is 17.9 Å². The maximum absolute atomic E-state index is 12.9. The molecule has 1 unspecified atom stereocenters. The first-order chi connectivity index (χ1) is 33.5. The summed E-state index contributed by atoms with van der Waals surface area (Å²) in [6.07, 6.45) is 69.6. The number of unbranched alkanes of at least 4 members (excludes halogenated alkanes) is 35. The molecule has 0 aromatic carbocycles. The SMILES string of the molecule is CC/C=C\C/C=C\C/C=C\CCCCCCCC(=O)OCC(COC(=O)CCCCCCCCCCCCCCCCCCCC)OC(=O)CCCCCCCCC/C=C\CCCCCCCC.